The Balaban J connectivity index is 3.10. The van der Waals surface area contributed by atoms with Gasteiger partial charge in [-0.3, -0.25) is 0 Å². The molecule has 0 spiro atoms. The number of aliphatic carboxylic acids is 1. The van der Waals surface area contributed by atoms with E-state index < -0.39 is 5.97 Å². The van der Waals surface area contributed by atoms with E-state index in [9.17, 15) is 4.79 Å². The van der Waals surface area contributed by atoms with Crippen LogP contribution < -0.4 is 0 Å². The van der Waals surface area contributed by atoms with E-state index in [1.165, 1.54) is 18.2 Å². The summed E-state index contributed by atoms with van der Waals surface area (Å²) in [6, 6.07) is 2.64. The second-order valence-corrected chi connectivity index (χ2v) is 3.31. The average Bonchev–Trinajstić information content (AvgIpc) is 2.09. The van der Waals surface area contributed by atoms with Gasteiger partial charge in [-0.05, 0) is 17.7 Å². The summed E-state index contributed by atoms with van der Waals surface area (Å²) in [7, 11) is 0. The van der Waals surface area contributed by atoms with Crippen LogP contribution in [0.1, 0.15) is 5.56 Å². The number of rotatable bonds is 2. The Morgan fingerprint density at radius 2 is 1.93 bits per heavy atom. The molecule has 0 aromatic heterocycles. The quantitative estimate of drug-likeness (QED) is 0.772. The van der Waals surface area contributed by atoms with Gasteiger partial charge in [-0.2, -0.15) is 0 Å². The van der Waals surface area contributed by atoms with Gasteiger partial charge in [0, 0.05) is 12.1 Å². The van der Waals surface area contributed by atoms with E-state index in [4.69, 9.17) is 33.4 Å². The highest BCUT2D eigenvalue weighted by Gasteiger charge is 2.04. The Bertz CT molecular complexity index is 399. The number of phenols is 1. The van der Waals surface area contributed by atoms with Crippen molar-refractivity contribution < 1.29 is 15.0 Å². The number of carbonyl (C=O) groups is 1. The predicted octanol–water partition coefficient (Wildman–Crippen LogP) is 2.80. The normalized spacial score (nSPS) is 10.7. The average molecular weight is 233 g/mol. The number of hydrogen-bond donors (Lipinski definition) is 2. The summed E-state index contributed by atoms with van der Waals surface area (Å²) in [6.45, 7) is 0. The molecule has 0 aliphatic heterocycles. The van der Waals surface area contributed by atoms with Crippen LogP contribution in [0.2, 0.25) is 10.0 Å². The molecule has 0 saturated carbocycles. The second-order valence-electron chi connectivity index (χ2n) is 2.50. The topological polar surface area (TPSA) is 57.5 Å². The first-order valence-electron chi connectivity index (χ1n) is 3.59. The van der Waals surface area contributed by atoms with Gasteiger partial charge in [-0.1, -0.05) is 23.2 Å². The van der Waals surface area contributed by atoms with E-state index in [0.717, 1.165) is 6.08 Å². The molecule has 74 valence electrons. The number of carboxylic acid groups (broad SMARTS) is 1. The minimum absolute atomic E-state index is 0.124. The van der Waals surface area contributed by atoms with Gasteiger partial charge in [0.2, 0.25) is 0 Å². The molecule has 2 N–H and O–H groups in total. The molecule has 0 unspecified atom stereocenters. The third kappa shape index (κ3) is 2.65. The van der Waals surface area contributed by atoms with Gasteiger partial charge in [-0.15, -0.1) is 0 Å². The van der Waals surface area contributed by atoms with E-state index in [-0.39, 0.29) is 15.8 Å². The molecule has 0 bridgehead atoms. The van der Waals surface area contributed by atoms with Gasteiger partial charge >= 0.3 is 5.97 Å². The lowest BCUT2D eigenvalue weighted by atomic mass is 10.2. The highest BCUT2D eigenvalue weighted by atomic mass is 35.5. The number of halogens is 2. The molecule has 0 aliphatic carbocycles. The molecule has 0 fully saturated rings. The zero-order valence-electron chi connectivity index (χ0n) is 6.87. The Morgan fingerprint density at radius 3 is 2.50 bits per heavy atom. The zero-order chi connectivity index (χ0) is 10.7. The first-order chi connectivity index (χ1) is 6.50. The SMILES string of the molecule is O=C(O)C=Cc1cc(Cl)c(O)cc1Cl. The summed E-state index contributed by atoms with van der Waals surface area (Å²) >= 11 is 11.3. The monoisotopic (exact) mass is 232 g/mol. The van der Waals surface area contributed by atoms with Crippen molar-refractivity contribution >= 4 is 35.2 Å². The van der Waals surface area contributed by atoms with Crippen molar-refractivity contribution in [1.29, 1.82) is 0 Å². The van der Waals surface area contributed by atoms with Crippen molar-refractivity contribution in [2.24, 2.45) is 0 Å². The van der Waals surface area contributed by atoms with Crippen LogP contribution in [0, 0.1) is 0 Å². The maximum absolute atomic E-state index is 10.2. The maximum atomic E-state index is 10.2. The summed E-state index contributed by atoms with van der Waals surface area (Å²) in [5.41, 5.74) is 0.442. The molecule has 0 amide bonds. The van der Waals surface area contributed by atoms with E-state index in [0.29, 0.717) is 5.56 Å². The number of aromatic hydroxyl groups is 1. The van der Waals surface area contributed by atoms with Gasteiger partial charge in [0.15, 0.2) is 0 Å². The van der Waals surface area contributed by atoms with Crippen LogP contribution in [-0.2, 0) is 4.79 Å². The number of carboxylic acids is 1. The van der Waals surface area contributed by atoms with Crippen molar-refractivity contribution in [3.63, 3.8) is 0 Å². The van der Waals surface area contributed by atoms with Crippen molar-refractivity contribution in [3.8, 4) is 5.75 Å². The molecule has 1 aromatic carbocycles. The van der Waals surface area contributed by atoms with Crippen LogP contribution in [-0.4, -0.2) is 16.2 Å². The van der Waals surface area contributed by atoms with Crippen molar-refractivity contribution in [2.45, 2.75) is 0 Å². The number of benzene rings is 1. The molecule has 0 radical (unpaired) electrons. The Labute approximate surface area is 90.2 Å². The summed E-state index contributed by atoms with van der Waals surface area (Å²) in [5, 5.41) is 17.9. The Morgan fingerprint density at radius 1 is 1.29 bits per heavy atom. The smallest absolute Gasteiger partial charge is 0.328 e. The lowest BCUT2D eigenvalue weighted by Gasteiger charge is -2.01. The van der Waals surface area contributed by atoms with Crippen LogP contribution in [0.3, 0.4) is 0 Å². The van der Waals surface area contributed by atoms with Gasteiger partial charge < -0.3 is 10.2 Å². The van der Waals surface area contributed by atoms with E-state index >= 15 is 0 Å². The van der Waals surface area contributed by atoms with Crippen LogP contribution in [0.15, 0.2) is 18.2 Å². The molecule has 0 aliphatic rings. The lowest BCUT2D eigenvalue weighted by molar-refractivity contribution is -0.131. The predicted molar refractivity (Wildman–Crippen MR) is 54.8 cm³/mol. The fraction of sp³-hybridized carbons (Fsp3) is 0. The molecule has 5 heteroatoms. The van der Waals surface area contributed by atoms with Crippen LogP contribution >= 0.6 is 23.2 Å². The third-order valence-corrected chi connectivity index (χ3v) is 2.10. The van der Waals surface area contributed by atoms with Gasteiger partial charge in [0.05, 0.1) is 10.0 Å². The van der Waals surface area contributed by atoms with Crippen molar-refractivity contribution in [2.75, 3.05) is 0 Å². The van der Waals surface area contributed by atoms with Crippen LogP contribution in [0.5, 0.6) is 5.75 Å². The van der Waals surface area contributed by atoms with E-state index in [1.54, 1.807) is 0 Å². The number of hydrogen-bond acceptors (Lipinski definition) is 2. The minimum atomic E-state index is -1.08. The minimum Gasteiger partial charge on any atom is -0.506 e. The first-order valence-corrected chi connectivity index (χ1v) is 4.35. The summed E-state index contributed by atoms with van der Waals surface area (Å²) in [4.78, 5) is 10.2. The van der Waals surface area contributed by atoms with Gasteiger partial charge in [0.25, 0.3) is 0 Å². The summed E-state index contributed by atoms with van der Waals surface area (Å²) in [6.07, 6.45) is 2.24. The lowest BCUT2D eigenvalue weighted by Crippen LogP contribution is -1.86. The molecule has 0 heterocycles. The summed E-state index contributed by atoms with van der Waals surface area (Å²) in [5.74, 6) is -1.21. The molecule has 3 nitrogen and oxygen atoms in total. The molecule has 14 heavy (non-hydrogen) atoms. The molecular weight excluding hydrogens is 227 g/mol. The summed E-state index contributed by atoms with van der Waals surface area (Å²) < 4.78 is 0. The largest absolute Gasteiger partial charge is 0.506 e. The second kappa shape index (κ2) is 4.35. The molecule has 0 saturated heterocycles. The maximum Gasteiger partial charge on any atom is 0.328 e. The third-order valence-electron chi connectivity index (χ3n) is 1.47. The zero-order valence-corrected chi connectivity index (χ0v) is 8.38. The fourth-order valence-electron chi connectivity index (χ4n) is 0.841. The Kier molecular flexibility index (Phi) is 3.38. The highest BCUT2D eigenvalue weighted by molar-refractivity contribution is 6.35. The standard InChI is InChI=1S/C9H6Cl2O3/c10-6-4-8(12)7(11)3-5(6)1-2-9(13)14/h1-4,12H,(H,13,14). The van der Waals surface area contributed by atoms with E-state index in [1.807, 2.05) is 0 Å². The van der Waals surface area contributed by atoms with Crippen LogP contribution in [0.4, 0.5) is 0 Å². The number of phenolic OH excluding ortho intramolecular Hbond substituents is 1. The molecule has 1 rings (SSSR count). The van der Waals surface area contributed by atoms with Gasteiger partial charge in [0.1, 0.15) is 5.75 Å². The molecular formula is C9H6Cl2O3. The van der Waals surface area contributed by atoms with Crippen molar-refractivity contribution in [1.82, 2.24) is 0 Å². The highest BCUT2D eigenvalue weighted by Crippen LogP contribution is 2.30. The molecule has 1 aromatic rings. The van der Waals surface area contributed by atoms with E-state index in [2.05, 4.69) is 0 Å². The fourth-order valence-corrected chi connectivity index (χ4v) is 1.23. The van der Waals surface area contributed by atoms with Crippen LogP contribution in [0.25, 0.3) is 6.08 Å². The Hall–Kier alpha value is -1.19. The van der Waals surface area contributed by atoms with Gasteiger partial charge in [-0.25, -0.2) is 4.79 Å². The molecule has 0 atom stereocenters. The van der Waals surface area contributed by atoms with Crippen molar-refractivity contribution in [3.05, 3.63) is 33.8 Å². The first kappa shape index (κ1) is 10.9.